The number of carbonyl (C=O) groups is 1. The van der Waals surface area contributed by atoms with Gasteiger partial charge in [-0.1, -0.05) is 18.2 Å². The standard InChI is InChI=1S/C26H26FN7O3/c27-19-6-3-18(4-7-19)5-8-23-29-21(26(35)28-9-10-34-11-14-36-15-12-34)17-24(30-23)31-25-16-20(32-33-25)22-2-1-13-37-22/h1-8,13,16-17H,9-12,14-15H2,(H,28,35)(H2,29,30,31,32,33). The molecule has 0 spiro atoms. The molecule has 10 nitrogen and oxygen atoms in total. The van der Waals surface area contributed by atoms with Crippen LogP contribution in [0.15, 0.2) is 59.2 Å². The van der Waals surface area contributed by atoms with Crippen molar-refractivity contribution >= 4 is 29.7 Å². The van der Waals surface area contributed by atoms with Crippen molar-refractivity contribution in [3.8, 4) is 11.5 Å². The maximum Gasteiger partial charge on any atom is 0.270 e. The fraction of sp³-hybridized carbons (Fsp3) is 0.231. The van der Waals surface area contributed by atoms with E-state index in [1.165, 1.54) is 12.1 Å². The van der Waals surface area contributed by atoms with Crippen LogP contribution in [-0.2, 0) is 4.74 Å². The van der Waals surface area contributed by atoms with Gasteiger partial charge in [-0.15, -0.1) is 0 Å². The number of carbonyl (C=O) groups excluding carboxylic acids is 1. The van der Waals surface area contributed by atoms with Crippen LogP contribution in [-0.4, -0.2) is 70.4 Å². The van der Waals surface area contributed by atoms with E-state index in [0.29, 0.717) is 48.7 Å². The molecule has 3 N–H and O–H groups in total. The second-order valence-electron chi connectivity index (χ2n) is 8.36. The number of H-pyrrole nitrogens is 1. The van der Waals surface area contributed by atoms with Crippen LogP contribution in [0.4, 0.5) is 16.0 Å². The predicted octanol–water partition coefficient (Wildman–Crippen LogP) is 3.57. The number of furan rings is 1. The van der Waals surface area contributed by atoms with Crippen LogP contribution in [0.2, 0.25) is 0 Å². The van der Waals surface area contributed by atoms with Crippen molar-refractivity contribution in [1.82, 2.24) is 30.4 Å². The molecule has 0 unspecified atom stereocenters. The predicted molar refractivity (Wildman–Crippen MR) is 137 cm³/mol. The van der Waals surface area contributed by atoms with Gasteiger partial charge in [-0.2, -0.15) is 5.10 Å². The minimum absolute atomic E-state index is 0.208. The number of hydrogen-bond donors (Lipinski definition) is 3. The zero-order valence-corrected chi connectivity index (χ0v) is 20.0. The van der Waals surface area contributed by atoms with Gasteiger partial charge in [0.05, 0.1) is 19.5 Å². The summed E-state index contributed by atoms with van der Waals surface area (Å²) < 4.78 is 24.0. The van der Waals surface area contributed by atoms with Crippen molar-refractivity contribution in [2.24, 2.45) is 0 Å². The summed E-state index contributed by atoms with van der Waals surface area (Å²) in [7, 11) is 0. The van der Waals surface area contributed by atoms with Crippen LogP contribution in [0.25, 0.3) is 23.6 Å². The number of nitrogens with zero attached hydrogens (tertiary/aromatic N) is 4. The number of ether oxygens (including phenoxy) is 1. The van der Waals surface area contributed by atoms with Crippen LogP contribution in [0.5, 0.6) is 0 Å². The lowest BCUT2D eigenvalue weighted by atomic mass is 10.2. The molecule has 0 atom stereocenters. The van der Waals surface area contributed by atoms with Gasteiger partial charge in [-0.05, 0) is 35.9 Å². The second-order valence-corrected chi connectivity index (χ2v) is 8.36. The fourth-order valence-corrected chi connectivity index (χ4v) is 3.78. The van der Waals surface area contributed by atoms with Crippen LogP contribution in [0.1, 0.15) is 21.9 Å². The van der Waals surface area contributed by atoms with Gasteiger partial charge in [0, 0.05) is 38.3 Å². The van der Waals surface area contributed by atoms with Crippen LogP contribution < -0.4 is 10.6 Å². The van der Waals surface area contributed by atoms with Crippen LogP contribution in [0, 0.1) is 5.82 Å². The number of aromatic amines is 1. The Balaban J connectivity index is 1.33. The molecule has 0 saturated carbocycles. The molecule has 0 aliphatic carbocycles. The average Bonchev–Trinajstić information content (AvgIpc) is 3.61. The van der Waals surface area contributed by atoms with Crippen LogP contribution >= 0.6 is 0 Å². The highest BCUT2D eigenvalue weighted by atomic mass is 19.1. The number of hydrogen-bond acceptors (Lipinski definition) is 8. The van der Waals surface area contributed by atoms with Crippen molar-refractivity contribution in [3.05, 3.63) is 77.7 Å². The first-order valence-corrected chi connectivity index (χ1v) is 11.9. The first-order valence-electron chi connectivity index (χ1n) is 11.9. The third-order valence-electron chi connectivity index (χ3n) is 5.71. The minimum Gasteiger partial charge on any atom is -0.463 e. The van der Waals surface area contributed by atoms with Crippen LogP contribution in [0.3, 0.4) is 0 Å². The second kappa shape index (κ2) is 11.6. The zero-order valence-electron chi connectivity index (χ0n) is 20.0. The van der Waals surface area contributed by atoms with E-state index in [4.69, 9.17) is 9.15 Å². The first kappa shape index (κ1) is 24.3. The summed E-state index contributed by atoms with van der Waals surface area (Å²) in [6, 6.07) is 13.0. The van der Waals surface area contributed by atoms with E-state index in [9.17, 15) is 9.18 Å². The van der Waals surface area contributed by atoms with Gasteiger partial charge in [0.2, 0.25) is 0 Å². The highest BCUT2D eigenvalue weighted by Crippen LogP contribution is 2.22. The molecule has 37 heavy (non-hydrogen) atoms. The number of benzene rings is 1. The highest BCUT2D eigenvalue weighted by molar-refractivity contribution is 5.93. The Hall–Kier alpha value is -4.35. The van der Waals surface area contributed by atoms with Crippen molar-refractivity contribution in [2.75, 3.05) is 44.7 Å². The lowest BCUT2D eigenvalue weighted by molar-refractivity contribution is 0.0383. The SMILES string of the molecule is O=C(NCCN1CCOCC1)c1cc(Nc2cc(-c3ccco3)[nH]n2)nc(C=Cc2ccc(F)cc2)n1. The van der Waals surface area contributed by atoms with E-state index in [0.717, 1.165) is 25.2 Å². The largest absolute Gasteiger partial charge is 0.463 e. The molecule has 0 bridgehead atoms. The molecule has 0 radical (unpaired) electrons. The van der Waals surface area contributed by atoms with E-state index < -0.39 is 0 Å². The maximum absolute atomic E-state index is 13.2. The number of amides is 1. The van der Waals surface area contributed by atoms with E-state index in [-0.39, 0.29) is 17.4 Å². The highest BCUT2D eigenvalue weighted by Gasteiger charge is 2.14. The van der Waals surface area contributed by atoms with Gasteiger partial charge in [0.1, 0.15) is 23.0 Å². The van der Waals surface area contributed by atoms with Crippen molar-refractivity contribution in [2.45, 2.75) is 0 Å². The summed E-state index contributed by atoms with van der Waals surface area (Å²) in [5.41, 5.74) is 1.68. The monoisotopic (exact) mass is 503 g/mol. The minimum atomic E-state index is -0.316. The van der Waals surface area contributed by atoms with E-state index in [1.54, 1.807) is 48.7 Å². The summed E-state index contributed by atoms with van der Waals surface area (Å²) in [4.78, 5) is 24.1. The maximum atomic E-state index is 13.2. The van der Waals surface area contributed by atoms with Crippen molar-refractivity contribution in [1.29, 1.82) is 0 Å². The summed E-state index contributed by atoms with van der Waals surface area (Å²) in [6.45, 7) is 4.31. The molecular weight excluding hydrogens is 477 g/mol. The average molecular weight is 504 g/mol. The normalized spacial score (nSPS) is 14.2. The van der Waals surface area contributed by atoms with Gasteiger partial charge in [0.25, 0.3) is 5.91 Å². The molecule has 1 saturated heterocycles. The molecule has 3 aromatic heterocycles. The number of anilines is 2. The number of aromatic nitrogens is 4. The van der Waals surface area contributed by atoms with Gasteiger partial charge in [-0.25, -0.2) is 14.4 Å². The van der Waals surface area contributed by atoms with E-state index >= 15 is 0 Å². The molecular formula is C26H26FN7O3. The fourth-order valence-electron chi connectivity index (χ4n) is 3.78. The molecule has 4 aromatic rings. The van der Waals surface area contributed by atoms with Gasteiger partial charge in [-0.3, -0.25) is 14.8 Å². The number of morpholine rings is 1. The Morgan fingerprint density at radius 1 is 1.08 bits per heavy atom. The third kappa shape index (κ3) is 6.66. The van der Waals surface area contributed by atoms with E-state index in [1.807, 2.05) is 6.07 Å². The molecule has 1 aromatic carbocycles. The Bertz CT molecular complexity index is 1350. The molecule has 11 heteroatoms. The lowest BCUT2D eigenvalue weighted by Crippen LogP contribution is -2.41. The zero-order chi connectivity index (χ0) is 25.5. The Morgan fingerprint density at radius 3 is 2.70 bits per heavy atom. The van der Waals surface area contributed by atoms with Gasteiger partial charge >= 0.3 is 0 Å². The van der Waals surface area contributed by atoms with Gasteiger partial charge < -0.3 is 19.8 Å². The number of halogens is 1. The van der Waals surface area contributed by atoms with Gasteiger partial charge in [0.15, 0.2) is 17.4 Å². The molecule has 1 amide bonds. The Morgan fingerprint density at radius 2 is 1.92 bits per heavy atom. The summed E-state index contributed by atoms with van der Waals surface area (Å²) in [6.07, 6.45) is 5.00. The summed E-state index contributed by atoms with van der Waals surface area (Å²) in [5.74, 6) is 1.22. The molecule has 4 heterocycles. The van der Waals surface area contributed by atoms with Crippen molar-refractivity contribution < 1.29 is 18.3 Å². The Labute approximate surface area is 212 Å². The molecule has 5 rings (SSSR count). The number of nitrogens with one attached hydrogen (secondary N) is 3. The summed E-state index contributed by atoms with van der Waals surface area (Å²) in [5, 5.41) is 13.2. The third-order valence-corrected chi connectivity index (χ3v) is 5.71. The topological polar surface area (TPSA) is 121 Å². The molecule has 1 fully saturated rings. The summed E-state index contributed by atoms with van der Waals surface area (Å²) >= 11 is 0. The molecule has 190 valence electrons. The quantitative estimate of drug-likeness (QED) is 0.317. The Kier molecular flexibility index (Phi) is 7.63. The number of rotatable bonds is 9. The van der Waals surface area contributed by atoms with E-state index in [2.05, 4.69) is 35.7 Å². The van der Waals surface area contributed by atoms with Crippen molar-refractivity contribution in [3.63, 3.8) is 0 Å². The first-order chi connectivity index (χ1) is 18.1. The molecule has 1 aliphatic heterocycles. The smallest absolute Gasteiger partial charge is 0.270 e. The lowest BCUT2D eigenvalue weighted by Gasteiger charge is -2.26. The molecule has 1 aliphatic rings.